The summed E-state index contributed by atoms with van der Waals surface area (Å²) in [5.41, 5.74) is 3.44. The van der Waals surface area contributed by atoms with E-state index < -0.39 is 17.9 Å². The zero-order valence-electron chi connectivity index (χ0n) is 20.8. The van der Waals surface area contributed by atoms with Crippen molar-refractivity contribution in [3.05, 3.63) is 76.6 Å². The van der Waals surface area contributed by atoms with Crippen LogP contribution in [0.15, 0.2) is 64.2 Å². The van der Waals surface area contributed by atoms with Gasteiger partial charge in [0.05, 0.1) is 17.0 Å². The molecule has 2 aliphatic heterocycles. The van der Waals surface area contributed by atoms with Gasteiger partial charge in [-0.1, -0.05) is 19.9 Å². The summed E-state index contributed by atoms with van der Waals surface area (Å²) in [6, 6.07) is 7.84. The van der Waals surface area contributed by atoms with Crippen molar-refractivity contribution in [2.75, 3.05) is 18.5 Å². The van der Waals surface area contributed by atoms with Crippen LogP contribution in [-0.2, 0) is 10.9 Å². The first-order valence-electron chi connectivity index (χ1n) is 11.9. The average molecular weight is 498 g/mol. The molecule has 0 aliphatic carbocycles. The highest BCUT2D eigenvalue weighted by molar-refractivity contribution is 6.16. The van der Waals surface area contributed by atoms with Crippen molar-refractivity contribution in [2.24, 2.45) is 15.9 Å². The predicted molar refractivity (Wildman–Crippen MR) is 137 cm³/mol. The highest BCUT2D eigenvalue weighted by Crippen LogP contribution is 2.33. The number of halogens is 3. The molecule has 0 spiro atoms. The summed E-state index contributed by atoms with van der Waals surface area (Å²) < 4.78 is 45.4. The van der Waals surface area contributed by atoms with Gasteiger partial charge in [0, 0.05) is 24.1 Å². The minimum atomic E-state index is -4.40. The zero-order chi connectivity index (χ0) is 25.9. The fourth-order valence-corrected chi connectivity index (χ4v) is 3.98. The number of ether oxygens (including phenoxy) is 1. The normalized spacial score (nSPS) is 17.5. The molecule has 190 valence electrons. The molecule has 4 rings (SSSR count). The molecule has 2 N–H and O–H groups in total. The van der Waals surface area contributed by atoms with Crippen LogP contribution in [0.5, 0.6) is 0 Å². The van der Waals surface area contributed by atoms with Gasteiger partial charge in [-0.15, -0.1) is 0 Å². The number of aromatic nitrogens is 1. The fraction of sp³-hybridized carbons (Fsp3) is 0.370. The highest BCUT2D eigenvalue weighted by Gasteiger charge is 2.33. The number of benzene rings is 1. The van der Waals surface area contributed by atoms with Gasteiger partial charge in [0.1, 0.15) is 12.4 Å². The summed E-state index contributed by atoms with van der Waals surface area (Å²) in [4.78, 5) is 13.9. The summed E-state index contributed by atoms with van der Waals surface area (Å²) in [6.45, 7) is 8.52. The van der Waals surface area contributed by atoms with Crippen LogP contribution in [0.3, 0.4) is 0 Å². The third-order valence-electron chi connectivity index (χ3n) is 5.94. The van der Waals surface area contributed by atoms with Crippen molar-refractivity contribution in [2.45, 2.75) is 46.5 Å². The van der Waals surface area contributed by atoms with Crippen LogP contribution in [0.4, 0.5) is 18.9 Å². The Balaban J connectivity index is 1.63. The van der Waals surface area contributed by atoms with Crippen LogP contribution in [0.1, 0.15) is 42.7 Å². The lowest BCUT2D eigenvalue weighted by Gasteiger charge is -2.29. The Morgan fingerprint density at radius 1 is 1.11 bits per heavy atom. The molecule has 0 radical (unpaired) electrons. The van der Waals surface area contributed by atoms with Gasteiger partial charge in [-0.3, -0.25) is 4.98 Å². The van der Waals surface area contributed by atoms with E-state index in [1.807, 2.05) is 31.2 Å². The van der Waals surface area contributed by atoms with Gasteiger partial charge in [-0.05, 0) is 73.7 Å². The second-order valence-corrected chi connectivity index (χ2v) is 9.31. The van der Waals surface area contributed by atoms with Gasteiger partial charge in [-0.2, -0.15) is 13.2 Å². The number of nitrogens with zero attached hydrogens (tertiary/aromatic N) is 3. The van der Waals surface area contributed by atoms with Crippen molar-refractivity contribution < 1.29 is 17.9 Å². The van der Waals surface area contributed by atoms with Gasteiger partial charge >= 0.3 is 6.18 Å². The first kappa shape index (κ1) is 25.6. The summed E-state index contributed by atoms with van der Waals surface area (Å²) >= 11 is 0. The van der Waals surface area contributed by atoms with Crippen molar-refractivity contribution in [3.63, 3.8) is 0 Å². The van der Waals surface area contributed by atoms with Crippen LogP contribution >= 0.6 is 0 Å². The van der Waals surface area contributed by atoms with Crippen LogP contribution in [0, 0.1) is 19.8 Å². The summed E-state index contributed by atoms with van der Waals surface area (Å²) in [5, 5.41) is 6.62. The molecule has 2 aliphatic rings. The van der Waals surface area contributed by atoms with Crippen molar-refractivity contribution >= 4 is 23.1 Å². The third-order valence-corrected chi connectivity index (χ3v) is 5.94. The molecule has 0 saturated heterocycles. The van der Waals surface area contributed by atoms with Gasteiger partial charge in [0.2, 0.25) is 0 Å². The quantitative estimate of drug-likeness (QED) is 0.468. The van der Waals surface area contributed by atoms with E-state index in [1.165, 1.54) is 19.1 Å². The van der Waals surface area contributed by atoms with Crippen LogP contribution in [-0.4, -0.2) is 36.0 Å². The van der Waals surface area contributed by atoms with Crippen molar-refractivity contribution in [3.8, 4) is 0 Å². The van der Waals surface area contributed by atoms with Gasteiger partial charge in [0.15, 0.2) is 12.0 Å². The molecule has 36 heavy (non-hydrogen) atoms. The molecule has 1 unspecified atom stereocenters. The molecule has 6 nitrogen and oxygen atoms in total. The number of allylic oxidation sites excluding steroid dienone is 2. The summed E-state index contributed by atoms with van der Waals surface area (Å²) in [6.07, 6.45) is 1.65. The van der Waals surface area contributed by atoms with Crippen LogP contribution in [0.25, 0.3) is 5.70 Å². The molecule has 0 saturated carbocycles. The Morgan fingerprint density at radius 2 is 1.92 bits per heavy atom. The maximum atomic E-state index is 13.2. The fourth-order valence-electron chi connectivity index (χ4n) is 3.98. The number of nitrogens with one attached hydrogen (secondary N) is 2. The molecule has 0 bridgehead atoms. The van der Waals surface area contributed by atoms with E-state index in [2.05, 4.69) is 34.5 Å². The van der Waals surface area contributed by atoms with E-state index in [0.717, 1.165) is 35.0 Å². The maximum absolute atomic E-state index is 13.2. The monoisotopic (exact) mass is 497 g/mol. The Bertz CT molecular complexity index is 1240. The minimum Gasteiger partial charge on any atom is -0.373 e. The number of dihydropyridines is 1. The minimum absolute atomic E-state index is 0.134. The number of anilines is 1. The number of amidine groups is 2. The smallest absolute Gasteiger partial charge is 0.373 e. The summed E-state index contributed by atoms with van der Waals surface area (Å²) in [5.74, 6) is 1.53. The first-order chi connectivity index (χ1) is 17.1. The molecule has 0 fully saturated rings. The highest BCUT2D eigenvalue weighted by atomic mass is 19.4. The van der Waals surface area contributed by atoms with Gasteiger partial charge in [-0.25, -0.2) is 9.98 Å². The second kappa shape index (κ2) is 10.7. The van der Waals surface area contributed by atoms with Crippen molar-refractivity contribution in [1.29, 1.82) is 0 Å². The number of hydrogen-bond acceptors (Lipinski definition) is 6. The third kappa shape index (κ3) is 6.02. The van der Waals surface area contributed by atoms with E-state index in [0.29, 0.717) is 29.9 Å². The Labute approximate surface area is 209 Å². The van der Waals surface area contributed by atoms with E-state index >= 15 is 0 Å². The molecule has 1 aromatic heterocycles. The number of hydrogen-bond donors (Lipinski definition) is 2. The zero-order valence-corrected chi connectivity index (χ0v) is 20.8. The van der Waals surface area contributed by atoms with E-state index in [-0.39, 0.29) is 12.2 Å². The number of aryl methyl sites for hydroxylation is 2. The molecule has 2 aromatic rings. The molecule has 9 heteroatoms. The van der Waals surface area contributed by atoms with E-state index in [1.54, 1.807) is 6.20 Å². The molecular formula is C27H30F3N5O. The van der Waals surface area contributed by atoms with Gasteiger partial charge < -0.3 is 15.4 Å². The Kier molecular flexibility index (Phi) is 7.59. The number of aliphatic imine (C=N–C) groups is 2. The molecular weight excluding hydrogens is 467 g/mol. The van der Waals surface area contributed by atoms with E-state index in [9.17, 15) is 13.2 Å². The molecule has 1 aromatic carbocycles. The SMILES string of the molecule is Cc1cc(NC2=NC(COCCC(C)C)=NC3NC(c4ncccc4C)=CC=C23)ccc1C(F)(F)F. The molecule has 1 atom stereocenters. The largest absolute Gasteiger partial charge is 0.416 e. The number of pyridine rings is 1. The first-order valence-corrected chi connectivity index (χ1v) is 11.9. The molecule has 0 amide bonds. The topological polar surface area (TPSA) is 70.9 Å². The van der Waals surface area contributed by atoms with Crippen molar-refractivity contribution in [1.82, 2.24) is 10.3 Å². The number of fused-ring (bicyclic) bond motifs is 1. The average Bonchev–Trinajstić information content (AvgIpc) is 2.81. The maximum Gasteiger partial charge on any atom is 0.416 e. The second-order valence-electron chi connectivity index (χ2n) is 9.31. The predicted octanol–water partition coefficient (Wildman–Crippen LogP) is 5.90. The number of alkyl halides is 3. The lowest BCUT2D eigenvalue weighted by molar-refractivity contribution is -0.138. The Hall–Kier alpha value is -3.46. The van der Waals surface area contributed by atoms with Crippen LogP contribution < -0.4 is 10.6 Å². The van der Waals surface area contributed by atoms with Gasteiger partial charge in [0.25, 0.3) is 0 Å². The lowest BCUT2D eigenvalue weighted by Crippen LogP contribution is -2.40. The van der Waals surface area contributed by atoms with E-state index in [4.69, 9.17) is 9.73 Å². The standard InChI is InChI=1S/C27H30F3N5O/c1-16(2)11-13-36-15-23-34-25(32-19-7-9-21(18(4)14-19)27(28,29)30)20-8-10-22(33-26(20)35-23)24-17(3)6-5-12-31-24/h5-10,12,14,16,26,33H,11,13,15H2,1-4H3,(H,32,34,35). The summed E-state index contributed by atoms with van der Waals surface area (Å²) in [7, 11) is 0. The Morgan fingerprint density at radius 3 is 2.61 bits per heavy atom. The molecule has 3 heterocycles. The van der Waals surface area contributed by atoms with Crippen LogP contribution in [0.2, 0.25) is 0 Å². The number of rotatable bonds is 7. The lowest BCUT2D eigenvalue weighted by atomic mass is 10.0.